The summed E-state index contributed by atoms with van der Waals surface area (Å²) in [4.78, 5) is 12.1. The maximum Gasteiger partial charge on any atom is 0.269 e. The Morgan fingerprint density at radius 1 is 1.31 bits per heavy atom. The first-order valence-electron chi connectivity index (χ1n) is 5.29. The van der Waals surface area contributed by atoms with E-state index in [4.69, 9.17) is 5.11 Å². The molecule has 1 N–H and O–H groups in total. The Morgan fingerprint density at radius 2 is 1.94 bits per heavy atom. The molecule has 0 aliphatic rings. The topological polar surface area (TPSA) is 66.6 Å². The Kier molecular flexibility index (Phi) is 4.72. The van der Waals surface area contributed by atoms with Crippen molar-refractivity contribution < 1.29 is 10.0 Å². The van der Waals surface area contributed by atoms with Crippen LogP contribution in [0.4, 0.5) is 11.4 Å². The third-order valence-corrected chi connectivity index (χ3v) is 2.29. The van der Waals surface area contributed by atoms with Crippen LogP contribution in [0.1, 0.15) is 13.3 Å². The number of nitrogens with zero attached hydrogens (tertiary/aromatic N) is 2. The number of rotatable bonds is 6. The molecule has 0 aliphatic heterocycles. The predicted octanol–water partition coefficient (Wildman–Crippen LogP) is 1.80. The summed E-state index contributed by atoms with van der Waals surface area (Å²) in [5, 5.41) is 19.4. The molecule has 0 aliphatic carbocycles. The summed E-state index contributed by atoms with van der Waals surface area (Å²) in [6.45, 7) is 3.51. The van der Waals surface area contributed by atoms with E-state index in [1.165, 1.54) is 12.1 Å². The Hall–Kier alpha value is -1.62. The molecule has 88 valence electrons. The average Bonchev–Trinajstić information content (AvgIpc) is 2.29. The van der Waals surface area contributed by atoms with Gasteiger partial charge in [0.2, 0.25) is 0 Å². The molecular weight excluding hydrogens is 208 g/mol. The van der Waals surface area contributed by atoms with Crippen molar-refractivity contribution in [3.05, 3.63) is 34.4 Å². The van der Waals surface area contributed by atoms with Gasteiger partial charge in [0.1, 0.15) is 0 Å². The molecule has 5 heteroatoms. The van der Waals surface area contributed by atoms with Gasteiger partial charge in [0.05, 0.1) is 11.5 Å². The summed E-state index contributed by atoms with van der Waals surface area (Å²) in [7, 11) is 0. The number of aliphatic hydroxyl groups is 1. The van der Waals surface area contributed by atoms with E-state index in [1.807, 2.05) is 4.90 Å². The van der Waals surface area contributed by atoms with Crippen molar-refractivity contribution in [1.29, 1.82) is 0 Å². The first kappa shape index (κ1) is 12.4. The number of benzene rings is 1. The van der Waals surface area contributed by atoms with Crippen LogP contribution in [0.25, 0.3) is 0 Å². The van der Waals surface area contributed by atoms with Crippen molar-refractivity contribution in [1.82, 2.24) is 0 Å². The lowest BCUT2D eigenvalue weighted by Crippen LogP contribution is -2.27. The van der Waals surface area contributed by atoms with Crippen LogP contribution in [0.5, 0.6) is 0 Å². The normalized spacial score (nSPS) is 10.1. The third kappa shape index (κ3) is 3.20. The van der Waals surface area contributed by atoms with Gasteiger partial charge in [-0.05, 0) is 18.6 Å². The number of hydrogen-bond acceptors (Lipinski definition) is 4. The number of nitro benzene ring substituents is 1. The first-order chi connectivity index (χ1) is 7.69. The largest absolute Gasteiger partial charge is 0.395 e. The monoisotopic (exact) mass is 224 g/mol. The minimum atomic E-state index is -0.417. The molecule has 0 aromatic heterocycles. The zero-order valence-corrected chi connectivity index (χ0v) is 9.30. The van der Waals surface area contributed by atoms with Crippen LogP contribution in [0.15, 0.2) is 24.3 Å². The number of nitro groups is 1. The molecule has 0 bridgehead atoms. The summed E-state index contributed by atoms with van der Waals surface area (Å²) in [5.74, 6) is 0. The zero-order chi connectivity index (χ0) is 12.0. The van der Waals surface area contributed by atoms with E-state index in [0.29, 0.717) is 6.54 Å². The van der Waals surface area contributed by atoms with E-state index in [-0.39, 0.29) is 12.3 Å². The van der Waals surface area contributed by atoms with E-state index >= 15 is 0 Å². The Bertz CT molecular complexity index is 332. The van der Waals surface area contributed by atoms with Crippen molar-refractivity contribution >= 4 is 11.4 Å². The van der Waals surface area contributed by atoms with Crippen LogP contribution in [-0.2, 0) is 0 Å². The van der Waals surface area contributed by atoms with Crippen molar-refractivity contribution in [2.45, 2.75) is 13.3 Å². The second-order valence-electron chi connectivity index (χ2n) is 3.48. The van der Waals surface area contributed by atoms with Crippen molar-refractivity contribution in [2.75, 3.05) is 24.6 Å². The lowest BCUT2D eigenvalue weighted by molar-refractivity contribution is -0.384. The maximum atomic E-state index is 10.5. The standard InChI is InChI=1S/C11H16N2O3/c1-2-7-12(8-9-14)10-3-5-11(6-4-10)13(15)16/h3-6,14H,2,7-9H2,1H3. The second-order valence-corrected chi connectivity index (χ2v) is 3.48. The Balaban J connectivity index is 2.80. The first-order valence-corrected chi connectivity index (χ1v) is 5.29. The maximum absolute atomic E-state index is 10.5. The Labute approximate surface area is 94.5 Å². The third-order valence-electron chi connectivity index (χ3n) is 2.29. The van der Waals surface area contributed by atoms with E-state index in [0.717, 1.165) is 18.7 Å². The Morgan fingerprint density at radius 3 is 2.38 bits per heavy atom. The van der Waals surface area contributed by atoms with Crippen LogP contribution in [0.3, 0.4) is 0 Å². The van der Waals surface area contributed by atoms with E-state index in [9.17, 15) is 10.1 Å². The highest BCUT2D eigenvalue weighted by Gasteiger charge is 2.08. The predicted molar refractivity (Wildman–Crippen MR) is 62.7 cm³/mol. The molecule has 0 atom stereocenters. The SMILES string of the molecule is CCCN(CCO)c1ccc([N+](=O)[O-])cc1. The fourth-order valence-electron chi connectivity index (χ4n) is 1.55. The van der Waals surface area contributed by atoms with Gasteiger partial charge in [0.15, 0.2) is 0 Å². The number of hydrogen-bond donors (Lipinski definition) is 1. The fourth-order valence-corrected chi connectivity index (χ4v) is 1.55. The zero-order valence-electron chi connectivity index (χ0n) is 9.30. The van der Waals surface area contributed by atoms with Crippen LogP contribution < -0.4 is 4.90 Å². The molecule has 0 saturated carbocycles. The molecular formula is C11H16N2O3. The molecule has 1 aromatic rings. The van der Waals surface area contributed by atoms with Crippen LogP contribution in [0, 0.1) is 10.1 Å². The molecule has 0 radical (unpaired) electrons. The van der Waals surface area contributed by atoms with E-state index < -0.39 is 4.92 Å². The molecule has 1 aromatic carbocycles. The van der Waals surface area contributed by atoms with Gasteiger partial charge in [-0.1, -0.05) is 6.92 Å². The fraction of sp³-hybridized carbons (Fsp3) is 0.455. The van der Waals surface area contributed by atoms with Gasteiger partial charge in [-0.15, -0.1) is 0 Å². The second kappa shape index (κ2) is 6.07. The molecule has 0 heterocycles. The van der Waals surface area contributed by atoms with Gasteiger partial charge in [-0.2, -0.15) is 0 Å². The molecule has 0 fully saturated rings. The van der Waals surface area contributed by atoms with Crippen LogP contribution in [0.2, 0.25) is 0 Å². The number of non-ortho nitro benzene ring substituents is 1. The molecule has 0 saturated heterocycles. The van der Waals surface area contributed by atoms with Gasteiger partial charge in [-0.25, -0.2) is 0 Å². The lowest BCUT2D eigenvalue weighted by Gasteiger charge is -2.22. The van der Waals surface area contributed by atoms with E-state index in [2.05, 4.69) is 6.92 Å². The van der Waals surface area contributed by atoms with Gasteiger partial charge in [0, 0.05) is 30.9 Å². The summed E-state index contributed by atoms with van der Waals surface area (Å²) < 4.78 is 0. The van der Waals surface area contributed by atoms with Crippen molar-refractivity contribution in [3.63, 3.8) is 0 Å². The molecule has 1 rings (SSSR count). The van der Waals surface area contributed by atoms with Crippen molar-refractivity contribution in [3.8, 4) is 0 Å². The van der Waals surface area contributed by atoms with Crippen LogP contribution in [-0.4, -0.2) is 29.7 Å². The summed E-state index contributed by atoms with van der Waals surface area (Å²) in [6.07, 6.45) is 0.969. The van der Waals surface area contributed by atoms with E-state index in [1.54, 1.807) is 12.1 Å². The molecule has 16 heavy (non-hydrogen) atoms. The summed E-state index contributed by atoms with van der Waals surface area (Å²) >= 11 is 0. The highest BCUT2D eigenvalue weighted by atomic mass is 16.6. The van der Waals surface area contributed by atoms with Gasteiger partial charge >= 0.3 is 0 Å². The number of anilines is 1. The summed E-state index contributed by atoms with van der Waals surface area (Å²) in [6, 6.07) is 6.39. The van der Waals surface area contributed by atoms with Gasteiger partial charge in [-0.3, -0.25) is 10.1 Å². The van der Waals surface area contributed by atoms with Gasteiger partial charge in [0.25, 0.3) is 5.69 Å². The smallest absolute Gasteiger partial charge is 0.269 e. The summed E-state index contributed by atoms with van der Waals surface area (Å²) in [5.41, 5.74) is 0.991. The van der Waals surface area contributed by atoms with Crippen LogP contribution >= 0.6 is 0 Å². The molecule has 5 nitrogen and oxygen atoms in total. The molecule has 0 unspecified atom stereocenters. The minimum Gasteiger partial charge on any atom is -0.395 e. The quantitative estimate of drug-likeness (QED) is 0.591. The lowest BCUT2D eigenvalue weighted by atomic mass is 10.2. The highest BCUT2D eigenvalue weighted by molar-refractivity contribution is 5.50. The minimum absolute atomic E-state index is 0.0803. The molecule has 0 amide bonds. The van der Waals surface area contributed by atoms with Crippen molar-refractivity contribution in [2.24, 2.45) is 0 Å². The number of aliphatic hydroxyl groups excluding tert-OH is 1. The van der Waals surface area contributed by atoms with Gasteiger partial charge < -0.3 is 10.0 Å². The molecule has 0 spiro atoms. The average molecular weight is 224 g/mol. The highest BCUT2D eigenvalue weighted by Crippen LogP contribution is 2.19.